The van der Waals surface area contributed by atoms with E-state index in [0.717, 1.165) is 43.9 Å². The number of hydrogen-bond acceptors (Lipinski definition) is 4. The normalized spacial score (nSPS) is 23.3. The highest BCUT2D eigenvalue weighted by Gasteiger charge is 2.26. The summed E-state index contributed by atoms with van der Waals surface area (Å²) in [5.41, 5.74) is 2.44. The fourth-order valence-electron chi connectivity index (χ4n) is 3.45. The van der Waals surface area contributed by atoms with Gasteiger partial charge in [-0.1, -0.05) is 0 Å². The largest absolute Gasteiger partial charge is 0.454 e. The average molecular weight is 303 g/mol. The molecule has 22 heavy (non-hydrogen) atoms. The van der Waals surface area contributed by atoms with E-state index in [1.165, 1.54) is 17.5 Å². The summed E-state index contributed by atoms with van der Waals surface area (Å²) < 4.78 is 16.5. The van der Waals surface area contributed by atoms with Crippen LogP contribution in [0.2, 0.25) is 0 Å². The number of carbonyl (C=O) groups is 1. The predicted octanol–water partition coefficient (Wildman–Crippen LogP) is 2.26. The molecule has 1 aromatic carbocycles. The molecule has 3 aliphatic heterocycles. The monoisotopic (exact) mass is 303 g/mol. The Labute approximate surface area is 130 Å². The van der Waals surface area contributed by atoms with Crippen LogP contribution in [-0.4, -0.2) is 36.9 Å². The Kier molecular flexibility index (Phi) is 3.66. The molecule has 1 amide bonds. The molecule has 0 aromatic heterocycles. The molecule has 0 bridgehead atoms. The SMILES string of the molecule is O=C(CC1CCCCO1)N1CCc2cc3c(cc2C1)OCO3. The zero-order valence-corrected chi connectivity index (χ0v) is 12.7. The molecule has 1 saturated heterocycles. The minimum absolute atomic E-state index is 0.111. The second kappa shape index (κ2) is 5.80. The van der Waals surface area contributed by atoms with E-state index in [4.69, 9.17) is 14.2 Å². The van der Waals surface area contributed by atoms with Crippen LogP contribution < -0.4 is 9.47 Å². The van der Waals surface area contributed by atoms with E-state index < -0.39 is 0 Å². The lowest BCUT2D eigenvalue weighted by molar-refractivity contribution is -0.136. The topological polar surface area (TPSA) is 48.0 Å². The molecule has 4 rings (SSSR count). The molecule has 0 radical (unpaired) electrons. The fraction of sp³-hybridized carbons (Fsp3) is 0.588. The van der Waals surface area contributed by atoms with Crippen LogP contribution >= 0.6 is 0 Å². The summed E-state index contributed by atoms with van der Waals surface area (Å²) in [4.78, 5) is 14.4. The maximum Gasteiger partial charge on any atom is 0.231 e. The lowest BCUT2D eigenvalue weighted by Gasteiger charge is -2.31. The van der Waals surface area contributed by atoms with Crippen LogP contribution in [-0.2, 0) is 22.5 Å². The Morgan fingerprint density at radius 1 is 1.18 bits per heavy atom. The van der Waals surface area contributed by atoms with Crippen molar-refractivity contribution in [2.45, 2.75) is 44.8 Å². The van der Waals surface area contributed by atoms with Crippen molar-refractivity contribution in [1.29, 1.82) is 0 Å². The van der Waals surface area contributed by atoms with Crippen LogP contribution in [0, 0.1) is 0 Å². The molecular weight excluding hydrogens is 282 g/mol. The average Bonchev–Trinajstić information content (AvgIpc) is 3.00. The van der Waals surface area contributed by atoms with Crippen LogP contribution in [0.4, 0.5) is 0 Å². The minimum atomic E-state index is 0.111. The van der Waals surface area contributed by atoms with Crippen molar-refractivity contribution in [3.05, 3.63) is 23.3 Å². The minimum Gasteiger partial charge on any atom is -0.454 e. The van der Waals surface area contributed by atoms with Gasteiger partial charge < -0.3 is 19.1 Å². The zero-order chi connectivity index (χ0) is 14.9. The first-order valence-electron chi connectivity index (χ1n) is 8.10. The van der Waals surface area contributed by atoms with Crippen molar-refractivity contribution in [3.8, 4) is 11.5 Å². The number of nitrogens with zero attached hydrogens (tertiary/aromatic N) is 1. The Morgan fingerprint density at radius 2 is 2.00 bits per heavy atom. The molecule has 3 aliphatic rings. The van der Waals surface area contributed by atoms with Gasteiger partial charge in [-0.3, -0.25) is 4.79 Å². The van der Waals surface area contributed by atoms with Crippen LogP contribution in [0.3, 0.4) is 0 Å². The van der Waals surface area contributed by atoms with Crippen molar-refractivity contribution in [2.24, 2.45) is 0 Å². The number of hydrogen-bond donors (Lipinski definition) is 0. The van der Waals surface area contributed by atoms with Gasteiger partial charge in [0.1, 0.15) is 0 Å². The highest BCUT2D eigenvalue weighted by atomic mass is 16.7. The number of ether oxygens (including phenoxy) is 3. The standard InChI is InChI=1S/C17H21NO4/c19-17(9-14-3-1-2-6-20-14)18-5-4-12-7-15-16(22-11-21-15)8-13(12)10-18/h7-8,14H,1-6,9-11H2. The fourth-order valence-corrected chi connectivity index (χ4v) is 3.45. The molecule has 1 fully saturated rings. The molecule has 5 heteroatoms. The third kappa shape index (κ3) is 2.65. The van der Waals surface area contributed by atoms with Crippen molar-refractivity contribution in [3.63, 3.8) is 0 Å². The van der Waals surface area contributed by atoms with E-state index in [-0.39, 0.29) is 12.0 Å². The molecule has 1 aromatic rings. The van der Waals surface area contributed by atoms with Crippen molar-refractivity contribution in [1.82, 2.24) is 4.90 Å². The van der Waals surface area contributed by atoms with Gasteiger partial charge in [0.15, 0.2) is 11.5 Å². The molecule has 5 nitrogen and oxygen atoms in total. The number of fused-ring (bicyclic) bond motifs is 2. The second-order valence-electron chi connectivity index (χ2n) is 6.23. The smallest absolute Gasteiger partial charge is 0.231 e. The summed E-state index contributed by atoms with van der Waals surface area (Å²) in [5.74, 6) is 1.83. The molecular formula is C17H21NO4. The quantitative estimate of drug-likeness (QED) is 0.841. The molecule has 0 aliphatic carbocycles. The van der Waals surface area contributed by atoms with E-state index in [1.54, 1.807) is 0 Å². The second-order valence-corrected chi connectivity index (χ2v) is 6.23. The zero-order valence-electron chi connectivity index (χ0n) is 12.7. The Bertz CT molecular complexity index is 580. The third-order valence-electron chi connectivity index (χ3n) is 4.74. The molecule has 0 N–H and O–H groups in total. The number of rotatable bonds is 2. The van der Waals surface area contributed by atoms with Crippen LogP contribution in [0.15, 0.2) is 12.1 Å². The highest BCUT2D eigenvalue weighted by molar-refractivity contribution is 5.77. The summed E-state index contributed by atoms with van der Waals surface area (Å²) in [7, 11) is 0. The van der Waals surface area contributed by atoms with Gasteiger partial charge in [-0.2, -0.15) is 0 Å². The first-order valence-corrected chi connectivity index (χ1v) is 8.10. The maximum atomic E-state index is 12.5. The van der Waals surface area contributed by atoms with E-state index in [0.29, 0.717) is 19.8 Å². The molecule has 1 atom stereocenters. The van der Waals surface area contributed by atoms with E-state index in [9.17, 15) is 4.79 Å². The Morgan fingerprint density at radius 3 is 2.77 bits per heavy atom. The van der Waals surface area contributed by atoms with Crippen molar-refractivity contribution >= 4 is 5.91 Å². The third-order valence-corrected chi connectivity index (χ3v) is 4.74. The molecule has 1 unspecified atom stereocenters. The van der Waals surface area contributed by atoms with Crippen LogP contribution in [0.1, 0.15) is 36.8 Å². The van der Waals surface area contributed by atoms with Gasteiger partial charge >= 0.3 is 0 Å². The number of benzene rings is 1. The van der Waals surface area contributed by atoms with E-state index >= 15 is 0 Å². The van der Waals surface area contributed by atoms with E-state index in [1.807, 2.05) is 11.0 Å². The van der Waals surface area contributed by atoms with Crippen LogP contribution in [0.25, 0.3) is 0 Å². The lowest BCUT2D eigenvalue weighted by Crippen LogP contribution is -2.38. The lowest BCUT2D eigenvalue weighted by atomic mass is 9.98. The van der Waals surface area contributed by atoms with Gasteiger partial charge in [-0.15, -0.1) is 0 Å². The summed E-state index contributed by atoms with van der Waals surface area (Å²) in [6.07, 6.45) is 4.80. The molecule has 0 spiro atoms. The van der Waals surface area contributed by atoms with Gasteiger partial charge in [0, 0.05) is 19.7 Å². The Balaban J connectivity index is 1.43. The van der Waals surface area contributed by atoms with Gasteiger partial charge in [0.25, 0.3) is 0 Å². The Hall–Kier alpha value is -1.75. The molecule has 3 heterocycles. The van der Waals surface area contributed by atoms with Crippen LogP contribution in [0.5, 0.6) is 11.5 Å². The summed E-state index contributed by atoms with van der Waals surface area (Å²) in [6, 6.07) is 4.08. The van der Waals surface area contributed by atoms with Gasteiger partial charge in [-0.05, 0) is 48.9 Å². The van der Waals surface area contributed by atoms with Gasteiger partial charge in [-0.25, -0.2) is 0 Å². The van der Waals surface area contributed by atoms with Gasteiger partial charge in [0.05, 0.1) is 12.5 Å². The predicted molar refractivity (Wildman–Crippen MR) is 79.9 cm³/mol. The number of carbonyl (C=O) groups excluding carboxylic acids is 1. The van der Waals surface area contributed by atoms with Gasteiger partial charge in [0.2, 0.25) is 12.7 Å². The summed E-state index contributed by atoms with van der Waals surface area (Å²) in [6.45, 7) is 2.53. The molecule has 0 saturated carbocycles. The van der Waals surface area contributed by atoms with E-state index in [2.05, 4.69) is 6.07 Å². The molecule has 118 valence electrons. The first-order chi connectivity index (χ1) is 10.8. The number of amides is 1. The highest BCUT2D eigenvalue weighted by Crippen LogP contribution is 2.36. The first kappa shape index (κ1) is 13.9. The maximum absolute atomic E-state index is 12.5. The summed E-state index contributed by atoms with van der Waals surface area (Å²) >= 11 is 0. The summed E-state index contributed by atoms with van der Waals surface area (Å²) in [5, 5.41) is 0. The van der Waals surface area contributed by atoms with Crippen molar-refractivity contribution in [2.75, 3.05) is 19.9 Å². The van der Waals surface area contributed by atoms with Crippen molar-refractivity contribution < 1.29 is 19.0 Å².